The maximum atomic E-state index is 13.2. The molecular formula is C15H16F2N2. The molecule has 0 aliphatic rings. The summed E-state index contributed by atoms with van der Waals surface area (Å²) in [7, 11) is 0. The third kappa shape index (κ3) is 3.02. The Morgan fingerprint density at radius 2 is 1.79 bits per heavy atom. The zero-order valence-electron chi connectivity index (χ0n) is 10.7. The molecule has 0 saturated carbocycles. The maximum absolute atomic E-state index is 13.2. The largest absolute Gasteiger partial charge is 0.397 e. The molecule has 2 rings (SSSR count). The van der Waals surface area contributed by atoms with E-state index in [1.807, 2.05) is 36.1 Å². The fourth-order valence-corrected chi connectivity index (χ4v) is 2.00. The van der Waals surface area contributed by atoms with Crippen molar-refractivity contribution in [2.45, 2.75) is 13.5 Å². The van der Waals surface area contributed by atoms with Gasteiger partial charge in [-0.05, 0) is 36.8 Å². The summed E-state index contributed by atoms with van der Waals surface area (Å²) in [6.07, 6.45) is 0. The zero-order valence-corrected chi connectivity index (χ0v) is 10.7. The molecule has 0 aliphatic heterocycles. The summed E-state index contributed by atoms with van der Waals surface area (Å²) >= 11 is 0. The number of hydrogen-bond acceptors (Lipinski definition) is 2. The first kappa shape index (κ1) is 13.3. The molecule has 0 bridgehead atoms. The lowest BCUT2D eigenvalue weighted by Crippen LogP contribution is -2.23. The molecule has 2 aromatic carbocycles. The Bertz CT molecular complexity index is 570. The van der Waals surface area contributed by atoms with Gasteiger partial charge in [-0.15, -0.1) is 0 Å². The van der Waals surface area contributed by atoms with Crippen molar-refractivity contribution in [2.24, 2.45) is 0 Å². The predicted octanol–water partition coefficient (Wildman–Crippen LogP) is 3.57. The summed E-state index contributed by atoms with van der Waals surface area (Å²) in [5.74, 6) is -1.65. The van der Waals surface area contributed by atoms with Crippen molar-refractivity contribution in [1.29, 1.82) is 0 Å². The van der Waals surface area contributed by atoms with Gasteiger partial charge in [-0.25, -0.2) is 8.78 Å². The van der Waals surface area contributed by atoms with Gasteiger partial charge in [0.1, 0.15) is 0 Å². The lowest BCUT2D eigenvalue weighted by Gasteiger charge is -2.24. The predicted molar refractivity (Wildman–Crippen MR) is 73.9 cm³/mol. The lowest BCUT2D eigenvalue weighted by molar-refractivity contribution is 0.507. The van der Waals surface area contributed by atoms with Gasteiger partial charge in [-0.3, -0.25) is 0 Å². The molecule has 2 nitrogen and oxygen atoms in total. The van der Waals surface area contributed by atoms with Gasteiger partial charge in [0.2, 0.25) is 0 Å². The zero-order chi connectivity index (χ0) is 13.8. The minimum Gasteiger partial charge on any atom is -0.397 e. The van der Waals surface area contributed by atoms with E-state index in [0.717, 1.165) is 18.3 Å². The minimum atomic E-state index is -0.828. The minimum absolute atomic E-state index is 0.488. The number of nitrogen functional groups attached to an aromatic ring is 1. The van der Waals surface area contributed by atoms with Crippen molar-refractivity contribution in [3.63, 3.8) is 0 Å². The molecule has 100 valence electrons. The number of anilines is 2. The number of benzene rings is 2. The second-order valence-corrected chi connectivity index (χ2v) is 4.32. The molecule has 0 atom stereocenters. The average molecular weight is 262 g/mol. The van der Waals surface area contributed by atoms with Crippen LogP contribution in [0.1, 0.15) is 12.5 Å². The highest BCUT2D eigenvalue weighted by atomic mass is 19.2. The molecule has 4 heteroatoms. The smallest absolute Gasteiger partial charge is 0.159 e. The Labute approximate surface area is 111 Å². The van der Waals surface area contributed by atoms with Crippen molar-refractivity contribution in [3.05, 3.63) is 59.7 Å². The van der Waals surface area contributed by atoms with Crippen molar-refractivity contribution < 1.29 is 8.78 Å². The number of halogens is 2. The van der Waals surface area contributed by atoms with Gasteiger partial charge >= 0.3 is 0 Å². The van der Waals surface area contributed by atoms with Gasteiger partial charge in [0.05, 0.1) is 11.4 Å². The third-order valence-electron chi connectivity index (χ3n) is 3.02. The van der Waals surface area contributed by atoms with Crippen molar-refractivity contribution in [3.8, 4) is 0 Å². The van der Waals surface area contributed by atoms with Gasteiger partial charge in [0.15, 0.2) is 11.6 Å². The van der Waals surface area contributed by atoms with Crippen LogP contribution in [0.5, 0.6) is 0 Å². The van der Waals surface area contributed by atoms with Crippen LogP contribution in [0.4, 0.5) is 20.2 Å². The van der Waals surface area contributed by atoms with Crippen LogP contribution in [0.15, 0.2) is 42.5 Å². The highest BCUT2D eigenvalue weighted by Gasteiger charge is 2.10. The van der Waals surface area contributed by atoms with Gasteiger partial charge < -0.3 is 10.6 Å². The number of para-hydroxylation sites is 2. The van der Waals surface area contributed by atoms with Crippen LogP contribution in [-0.2, 0) is 6.54 Å². The van der Waals surface area contributed by atoms with Crippen molar-refractivity contribution >= 4 is 11.4 Å². The molecule has 0 aromatic heterocycles. The SMILES string of the molecule is CCN(Cc1ccc(F)c(F)c1)c1ccccc1N. The number of hydrogen-bond donors (Lipinski definition) is 1. The highest BCUT2D eigenvalue weighted by molar-refractivity contribution is 5.67. The standard InChI is InChI=1S/C15H16F2N2/c1-2-19(15-6-4-3-5-14(15)18)10-11-7-8-12(16)13(17)9-11/h3-9H,2,10,18H2,1H3. The molecule has 0 saturated heterocycles. The molecule has 0 heterocycles. The Morgan fingerprint density at radius 1 is 1.05 bits per heavy atom. The number of rotatable bonds is 4. The molecule has 0 unspecified atom stereocenters. The normalized spacial score (nSPS) is 10.5. The second kappa shape index (κ2) is 5.69. The first-order valence-corrected chi connectivity index (χ1v) is 6.15. The fourth-order valence-electron chi connectivity index (χ4n) is 2.00. The Balaban J connectivity index is 2.24. The fraction of sp³-hybridized carbons (Fsp3) is 0.200. The monoisotopic (exact) mass is 262 g/mol. The van der Waals surface area contributed by atoms with Crippen LogP contribution in [0.2, 0.25) is 0 Å². The van der Waals surface area contributed by atoms with Crippen LogP contribution in [0.3, 0.4) is 0 Å². The van der Waals surface area contributed by atoms with E-state index in [1.54, 1.807) is 6.07 Å². The molecule has 2 aromatic rings. The Morgan fingerprint density at radius 3 is 2.42 bits per heavy atom. The van der Waals surface area contributed by atoms with Crippen molar-refractivity contribution in [2.75, 3.05) is 17.2 Å². The van der Waals surface area contributed by atoms with Gasteiger partial charge in [0, 0.05) is 13.1 Å². The summed E-state index contributed by atoms with van der Waals surface area (Å²) in [5.41, 5.74) is 8.21. The van der Waals surface area contributed by atoms with Gasteiger partial charge in [0.25, 0.3) is 0 Å². The first-order chi connectivity index (χ1) is 9.11. The van der Waals surface area contributed by atoms with E-state index in [9.17, 15) is 8.78 Å². The van der Waals surface area contributed by atoms with E-state index in [0.29, 0.717) is 17.8 Å². The first-order valence-electron chi connectivity index (χ1n) is 6.15. The maximum Gasteiger partial charge on any atom is 0.159 e. The molecule has 0 amide bonds. The van der Waals surface area contributed by atoms with E-state index in [4.69, 9.17) is 5.73 Å². The van der Waals surface area contributed by atoms with Crippen LogP contribution in [0, 0.1) is 11.6 Å². The summed E-state index contributed by atoms with van der Waals surface area (Å²) in [6.45, 7) is 3.21. The molecule has 19 heavy (non-hydrogen) atoms. The molecule has 0 fully saturated rings. The molecule has 0 aliphatic carbocycles. The van der Waals surface area contributed by atoms with Gasteiger partial charge in [-0.1, -0.05) is 18.2 Å². The number of nitrogens with zero attached hydrogens (tertiary/aromatic N) is 1. The molecular weight excluding hydrogens is 246 g/mol. The van der Waals surface area contributed by atoms with Crippen LogP contribution >= 0.6 is 0 Å². The average Bonchev–Trinajstić information content (AvgIpc) is 2.41. The summed E-state index contributed by atoms with van der Waals surface area (Å²) in [6, 6.07) is 11.5. The quantitative estimate of drug-likeness (QED) is 0.853. The van der Waals surface area contributed by atoms with E-state index in [1.165, 1.54) is 6.07 Å². The Kier molecular flexibility index (Phi) is 4.00. The van der Waals surface area contributed by atoms with E-state index in [2.05, 4.69) is 0 Å². The Hall–Kier alpha value is -2.10. The summed E-state index contributed by atoms with van der Waals surface area (Å²) in [5, 5.41) is 0. The van der Waals surface area contributed by atoms with Crippen LogP contribution < -0.4 is 10.6 Å². The van der Waals surface area contributed by atoms with E-state index >= 15 is 0 Å². The van der Waals surface area contributed by atoms with Gasteiger partial charge in [-0.2, -0.15) is 0 Å². The third-order valence-corrected chi connectivity index (χ3v) is 3.02. The van der Waals surface area contributed by atoms with Crippen molar-refractivity contribution in [1.82, 2.24) is 0 Å². The molecule has 0 spiro atoms. The molecule has 2 N–H and O–H groups in total. The van der Waals surface area contributed by atoms with Crippen LogP contribution in [0.25, 0.3) is 0 Å². The van der Waals surface area contributed by atoms with Crippen LogP contribution in [-0.4, -0.2) is 6.54 Å². The number of nitrogens with two attached hydrogens (primary N) is 1. The molecule has 0 radical (unpaired) electrons. The van der Waals surface area contributed by atoms with E-state index < -0.39 is 11.6 Å². The topological polar surface area (TPSA) is 29.3 Å². The summed E-state index contributed by atoms with van der Waals surface area (Å²) < 4.78 is 26.1. The highest BCUT2D eigenvalue weighted by Crippen LogP contribution is 2.24. The second-order valence-electron chi connectivity index (χ2n) is 4.32. The summed E-state index contributed by atoms with van der Waals surface area (Å²) in [4.78, 5) is 2.02. The lowest BCUT2D eigenvalue weighted by atomic mass is 10.1. The van der Waals surface area contributed by atoms with E-state index in [-0.39, 0.29) is 0 Å².